The molecule has 0 saturated heterocycles. The van der Waals surface area contributed by atoms with E-state index < -0.39 is 11.9 Å². The molecule has 1 aliphatic heterocycles. The maximum atomic E-state index is 14.4. The molecule has 3 aromatic rings. The van der Waals surface area contributed by atoms with E-state index in [1.165, 1.54) is 12.1 Å². The molecule has 1 aliphatic rings. The first-order chi connectivity index (χ1) is 14.5. The van der Waals surface area contributed by atoms with Crippen molar-refractivity contribution in [3.8, 4) is 11.5 Å². The number of carbonyl (C=O) groups excluding carboxylic acids is 1. The minimum Gasteiger partial charge on any atom is -0.493 e. The summed E-state index contributed by atoms with van der Waals surface area (Å²) in [5.41, 5.74) is 2.86. The highest BCUT2D eigenvalue weighted by atomic mass is 35.5. The maximum absolute atomic E-state index is 14.4. The molecule has 0 aliphatic carbocycles. The average molecular weight is 426 g/mol. The lowest BCUT2D eigenvalue weighted by Crippen LogP contribution is -2.41. The van der Waals surface area contributed by atoms with Crippen molar-refractivity contribution in [3.63, 3.8) is 0 Å². The Balaban J connectivity index is 1.88. The molecule has 0 aromatic heterocycles. The predicted molar refractivity (Wildman–Crippen MR) is 114 cm³/mol. The van der Waals surface area contributed by atoms with Crippen molar-refractivity contribution in [1.82, 2.24) is 4.90 Å². The monoisotopic (exact) mass is 425 g/mol. The zero-order chi connectivity index (χ0) is 21.3. The lowest BCUT2D eigenvalue weighted by Gasteiger charge is -2.38. The smallest absolute Gasteiger partial charge is 0.257 e. The highest BCUT2D eigenvalue weighted by Crippen LogP contribution is 2.42. The van der Waals surface area contributed by atoms with Gasteiger partial charge in [0.15, 0.2) is 11.5 Å². The van der Waals surface area contributed by atoms with Crippen molar-refractivity contribution < 1.29 is 18.7 Å². The zero-order valence-electron chi connectivity index (χ0n) is 16.7. The Hall–Kier alpha value is -3.05. The van der Waals surface area contributed by atoms with Crippen molar-refractivity contribution in [2.24, 2.45) is 0 Å². The molecule has 30 heavy (non-hydrogen) atoms. The Bertz CT molecular complexity index is 1100. The summed E-state index contributed by atoms with van der Waals surface area (Å²) in [6.07, 6.45) is 0.618. The van der Waals surface area contributed by atoms with Gasteiger partial charge in [0.25, 0.3) is 5.91 Å². The number of ether oxygens (including phenoxy) is 2. The molecule has 0 spiro atoms. The Morgan fingerprint density at radius 2 is 1.77 bits per heavy atom. The first-order valence-corrected chi connectivity index (χ1v) is 9.97. The summed E-state index contributed by atoms with van der Waals surface area (Å²) in [5, 5.41) is 0.568. The summed E-state index contributed by atoms with van der Waals surface area (Å²) in [5.74, 6) is 0.308. The molecule has 4 rings (SSSR count). The molecule has 0 radical (unpaired) electrons. The summed E-state index contributed by atoms with van der Waals surface area (Å²) < 4.78 is 25.3. The minimum atomic E-state index is -0.537. The molecule has 3 aromatic carbocycles. The Kier molecular flexibility index (Phi) is 5.64. The Labute approximate surface area is 179 Å². The van der Waals surface area contributed by atoms with Gasteiger partial charge in [-0.2, -0.15) is 0 Å². The topological polar surface area (TPSA) is 38.8 Å². The van der Waals surface area contributed by atoms with Crippen molar-refractivity contribution in [2.75, 3.05) is 20.8 Å². The predicted octanol–water partition coefficient (Wildman–Crippen LogP) is 5.28. The largest absolute Gasteiger partial charge is 0.493 e. The van der Waals surface area contributed by atoms with Gasteiger partial charge in [-0.3, -0.25) is 4.79 Å². The normalized spacial score (nSPS) is 15.5. The SMILES string of the molecule is COc1cc2c(cc1OC)C(c1cccc(Cl)c1)N(C(=O)c1ccccc1F)CC2. The Morgan fingerprint density at radius 1 is 1.03 bits per heavy atom. The quantitative estimate of drug-likeness (QED) is 0.570. The number of carbonyl (C=O) groups is 1. The summed E-state index contributed by atoms with van der Waals surface area (Å²) in [7, 11) is 3.17. The van der Waals surface area contributed by atoms with E-state index in [1.54, 1.807) is 37.3 Å². The molecule has 154 valence electrons. The van der Waals surface area contributed by atoms with Gasteiger partial charge in [-0.05, 0) is 59.5 Å². The third-order valence-electron chi connectivity index (χ3n) is 5.40. The van der Waals surface area contributed by atoms with E-state index in [0.717, 1.165) is 16.7 Å². The van der Waals surface area contributed by atoms with Crippen LogP contribution in [0.25, 0.3) is 0 Å². The van der Waals surface area contributed by atoms with E-state index >= 15 is 0 Å². The zero-order valence-corrected chi connectivity index (χ0v) is 17.4. The van der Waals surface area contributed by atoms with Crippen LogP contribution in [0.5, 0.6) is 11.5 Å². The number of hydrogen-bond donors (Lipinski definition) is 0. The van der Waals surface area contributed by atoms with Crippen LogP contribution in [0.4, 0.5) is 4.39 Å². The highest BCUT2D eigenvalue weighted by Gasteiger charge is 2.34. The number of halogens is 2. The molecule has 6 heteroatoms. The molecule has 1 unspecified atom stereocenters. The van der Waals surface area contributed by atoms with Crippen LogP contribution in [-0.4, -0.2) is 31.6 Å². The summed E-state index contributed by atoms with van der Waals surface area (Å²) in [6, 6.07) is 16.8. The van der Waals surface area contributed by atoms with Crippen LogP contribution in [0.1, 0.15) is 33.1 Å². The molecule has 0 N–H and O–H groups in total. The standard InChI is InChI=1S/C24H21ClFNO3/c1-29-21-13-15-10-11-27(24(28)18-8-3-4-9-20(18)26)23(19(15)14-22(21)30-2)16-6-5-7-17(25)12-16/h3-9,12-14,23H,10-11H2,1-2H3. The van der Waals surface area contributed by atoms with Crippen LogP contribution < -0.4 is 9.47 Å². The fourth-order valence-corrected chi connectivity index (χ4v) is 4.19. The second kappa shape index (κ2) is 8.36. The molecule has 0 bridgehead atoms. The minimum absolute atomic E-state index is 0.0495. The van der Waals surface area contributed by atoms with Crippen LogP contribution >= 0.6 is 11.6 Å². The fraction of sp³-hybridized carbons (Fsp3) is 0.208. The van der Waals surface area contributed by atoms with Gasteiger partial charge in [-0.25, -0.2) is 4.39 Å². The number of hydrogen-bond acceptors (Lipinski definition) is 3. The van der Waals surface area contributed by atoms with Crippen molar-refractivity contribution in [2.45, 2.75) is 12.5 Å². The van der Waals surface area contributed by atoms with Crippen molar-refractivity contribution >= 4 is 17.5 Å². The van der Waals surface area contributed by atoms with Gasteiger partial charge in [0.2, 0.25) is 0 Å². The number of methoxy groups -OCH3 is 2. The molecular weight excluding hydrogens is 405 g/mol. The van der Waals surface area contributed by atoms with E-state index in [-0.39, 0.29) is 11.5 Å². The maximum Gasteiger partial charge on any atom is 0.257 e. The Morgan fingerprint density at radius 3 is 2.47 bits per heavy atom. The van der Waals surface area contributed by atoms with E-state index in [1.807, 2.05) is 30.3 Å². The van der Waals surface area contributed by atoms with Crippen LogP contribution in [-0.2, 0) is 6.42 Å². The molecule has 0 saturated carbocycles. The molecule has 1 atom stereocenters. The van der Waals surface area contributed by atoms with Gasteiger partial charge in [0.05, 0.1) is 25.8 Å². The average Bonchev–Trinajstić information content (AvgIpc) is 2.77. The van der Waals surface area contributed by atoms with Crippen molar-refractivity contribution in [3.05, 3.63) is 93.8 Å². The number of rotatable bonds is 4. The van der Waals surface area contributed by atoms with Gasteiger partial charge in [-0.15, -0.1) is 0 Å². The van der Waals surface area contributed by atoms with Crippen molar-refractivity contribution in [1.29, 1.82) is 0 Å². The molecule has 0 fully saturated rings. The van der Waals surface area contributed by atoms with Crippen LogP contribution in [0.2, 0.25) is 5.02 Å². The van der Waals surface area contributed by atoms with E-state index in [4.69, 9.17) is 21.1 Å². The van der Waals surface area contributed by atoms with Gasteiger partial charge >= 0.3 is 0 Å². The van der Waals surface area contributed by atoms with Gasteiger partial charge in [0, 0.05) is 11.6 Å². The number of nitrogens with zero attached hydrogens (tertiary/aromatic N) is 1. The molecule has 1 heterocycles. The summed E-state index contributed by atoms with van der Waals surface area (Å²) in [6.45, 7) is 0.437. The summed E-state index contributed by atoms with van der Waals surface area (Å²) >= 11 is 6.26. The molecule has 4 nitrogen and oxygen atoms in total. The summed E-state index contributed by atoms with van der Waals surface area (Å²) in [4.78, 5) is 15.1. The van der Waals surface area contributed by atoms with Crippen LogP contribution in [0.15, 0.2) is 60.7 Å². The lowest BCUT2D eigenvalue weighted by atomic mass is 9.87. The van der Waals surface area contributed by atoms with Crippen LogP contribution in [0, 0.1) is 5.82 Å². The van der Waals surface area contributed by atoms with Gasteiger partial charge in [-0.1, -0.05) is 35.9 Å². The fourth-order valence-electron chi connectivity index (χ4n) is 3.99. The number of benzene rings is 3. The van der Waals surface area contributed by atoms with Crippen LogP contribution in [0.3, 0.4) is 0 Å². The van der Waals surface area contributed by atoms with E-state index in [0.29, 0.717) is 29.5 Å². The van der Waals surface area contributed by atoms with Gasteiger partial charge < -0.3 is 14.4 Å². The van der Waals surface area contributed by atoms with Gasteiger partial charge in [0.1, 0.15) is 5.82 Å². The number of amides is 1. The third kappa shape index (κ3) is 3.61. The highest BCUT2D eigenvalue weighted by molar-refractivity contribution is 6.30. The first kappa shape index (κ1) is 20.2. The van der Waals surface area contributed by atoms with E-state index in [2.05, 4.69) is 0 Å². The molecule has 1 amide bonds. The molecular formula is C24H21ClFNO3. The third-order valence-corrected chi connectivity index (χ3v) is 5.64. The second-order valence-electron chi connectivity index (χ2n) is 7.09. The lowest BCUT2D eigenvalue weighted by molar-refractivity contribution is 0.0689. The number of fused-ring (bicyclic) bond motifs is 1. The first-order valence-electron chi connectivity index (χ1n) is 9.59. The second-order valence-corrected chi connectivity index (χ2v) is 7.53. The van der Waals surface area contributed by atoms with E-state index in [9.17, 15) is 9.18 Å².